The SMILES string of the molecule is CC(=O)O.N=C(N)c1ccc(N2CC(CN(CC(=O)OCc3ccccc3)S(=O)(=O)C=Cc3ccccc3)OC2=O)cc1. The summed E-state index contributed by atoms with van der Waals surface area (Å²) in [5.41, 5.74) is 7.93. The molecule has 4 N–H and O–H groups in total. The molecule has 1 heterocycles. The Labute approximate surface area is 249 Å². The fourth-order valence-electron chi connectivity index (χ4n) is 3.88. The zero-order chi connectivity index (χ0) is 31.4. The van der Waals surface area contributed by atoms with Crippen LogP contribution in [0.5, 0.6) is 0 Å². The van der Waals surface area contributed by atoms with Crippen LogP contribution in [0.2, 0.25) is 0 Å². The Bertz CT molecular complexity index is 1540. The Hall–Kier alpha value is -5.01. The summed E-state index contributed by atoms with van der Waals surface area (Å²) in [6.07, 6.45) is -0.0625. The highest BCUT2D eigenvalue weighted by atomic mass is 32.2. The molecule has 3 aromatic rings. The molecule has 43 heavy (non-hydrogen) atoms. The Balaban J connectivity index is 0.00000119. The number of hydrogen-bond donors (Lipinski definition) is 3. The van der Waals surface area contributed by atoms with Gasteiger partial charge in [-0.05, 0) is 41.5 Å². The normalized spacial score (nSPS) is 14.6. The minimum absolute atomic E-state index is 0.00410. The van der Waals surface area contributed by atoms with Crippen molar-refractivity contribution in [2.75, 3.05) is 24.5 Å². The van der Waals surface area contributed by atoms with Crippen LogP contribution in [0.4, 0.5) is 10.5 Å². The predicted molar refractivity (Wildman–Crippen MR) is 161 cm³/mol. The lowest BCUT2D eigenvalue weighted by Gasteiger charge is -2.22. The summed E-state index contributed by atoms with van der Waals surface area (Å²) in [5, 5.41) is 15.9. The first kappa shape index (κ1) is 32.5. The number of ether oxygens (including phenoxy) is 2. The van der Waals surface area contributed by atoms with E-state index in [1.54, 1.807) is 60.7 Å². The molecule has 13 heteroatoms. The standard InChI is InChI=1S/C28H28N4O6S.C2H4O2/c29-27(30)23-11-13-24(14-12-23)32-18-25(38-28(32)34)17-31(19-26(33)37-20-22-9-5-2-6-10-22)39(35,36)16-15-21-7-3-1-4-8-21;1-2(3)4/h1-16,25H,17-20H2,(H3,29,30);1H3,(H,3,4). The van der Waals surface area contributed by atoms with Crippen molar-refractivity contribution in [1.82, 2.24) is 4.31 Å². The van der Waals surface area contributed by atoms with Gasteiger partial charge in [-0.25, -0.2) is 13.2 Å². The first-order chi connectivity index (χ1) is 20.4. The molecular weight excluding hydrogens is 576 g/mol. The van der Waals surface area contributed by atoms with Crippen LogP contribution < -0.4 is 10.6 Å². The van der Waals surface area contributed by atoms with E-state index in [2.05, 4.69) is 0 Å². The van der Waals surface area contributed by atoms with Crippen molar-refractivity contribution >= 4 is 45.7 Å². The smallest absolute Gasteiger partial charge is 0.414 e. The number of carboxylic acid groups (broad SMARTS) is 1. The number of benzene rings is 3. The van der Waals surface area contributed by atoms with Gasteiger partial charge in [0.05, 0.1) is 13.1 Å². The number of carboxylic acids is 1. The van der Waals surface area contributed by atoms with E-state index in [0.717, 1.165) is 22.2 Å². The number of nitrogens with zero attached hydrogens (tertiary/aromatic N) is 2. The van der Waals surface area contributed by atoms with E-state index >= 15 is 0 Å². The number of aliphatic carboxylic acids is 1. The number of nitrogens with one attached hydrogen (secondary N) is 1. The van der Waals surface area contributed by atoms with Gasteiger partial charge in [-0.3, -0.25) is 19.9 Å². The highest BCUT2D eigenvalue weighted by Gasteiger charge is 2.36. The Kier molecular flexibility index (Phi) is 11.6. The van der Waals surface area contributed by atoms with Gasteiger partial charge < -0.3 is 20.3 Å². The van der Waals surface area contributed by atoms with Crippen LogP contribution in [0, 0.1) is 5.41 Å². The molecular formula is C30H32N4O8S. The number of rotatable bonds is 11. The van der Waals surface area contributed by atoms with Crippen LogP contribution in [0.25, 0.3) is 6.08 Å². The van der Waals surface area contributed by atoms with Crippen molar-refractivity contribution in [3.63, 3.8) is 0 Å². The fourth-order valence-corrected chi connectivity index (χ4v) is 5.04. The highest BCUT2D eigenvalue weighted by Crippen LogP contribution is 2.23. The largest absolute Gasteiger partial charge is 0.481 e. The maximum Gasteiger partial charge on any atom is 0.414 e. The van der Waals surface area contributed by atoms with Gasteiger partial charge in [-0.1, -0.05) is 60.7 Å². The zero-order valence-electron chi connectivity index (χ0n) is 23.3. The van der Waals surface area contributed by atoms with Gasteiger partial charge in [0, 0.05) is 23.6 Å². The van der Waals surface area contributed by atoms with E-state index in [-0.39, 0.29) is 25.5 Å². The third-order valence-electron chi connectivity index (χ3n) is 5.91. The Morgan fingerprint density at radius 2 is 1.65 bits per heavy atom. The minimum atomic E-state index is -4.10. The van der Waals surface area contributed by atoms with Crippen molar-refractivity contribution in [2.45, 2.75) is 19.6 Å². The van der Waals surface area contributed by atoms with E-state index in [1.165, 1.54) is 11.0 Å². The number of nitrogens with two attached hydrogens (primary N) is 1. The molecule has 1 unspecified atom stereocenters. The summed E-state index contributed by atoms with van der Waals surface area (Å²) in [5.74, 6) is -1.68. The maximum absolute atomic E-state index is 13.3. The summed E-state index contributed by atoms with van der Waals surface area (Å²) < 4.78 is 38.3. The molecule has 1 aliphatic heterocycles. The van der Waals surface area contributed by atoms with E-state index in [1.807, 2.05) is 24.3 Å². The number of cyclic esters (lactones) is 1. The molecule has 4 rings (SSSR count). The van der Waals surface area contributed by atoms with Crippen molar-refractivity contribution < 1.29 is 37.4 Å². The van der Waals surface area contributed by atoms with Crippen LogP contribution in [0.15, 0.2) is 90.3 Å². The number of carbonyl (C=O) groups excluding carboxylic acids is 2. The molecule has 0 saturated carbocycles. The summed E-state index contributed by atoms with van der Waals surface area (Å²) in [6.45, 7) is 0.326. The number of sulfonamides is 1. The lowest BCUT2D eigenvalue weighted by Crippen LogP contribution is -2.41. The topological polar surface area (TPSA) is 180 Å². The summed E-state index contributed by atoms with van der Waals surface area (Å²) in [6, 6.07) is 24.4. The highest BCUT2D eigenvalue weighted by molar-refractivity contribution is 7.92. The van der Waals surface area contributed by atoms with Gasteiger partial charge in [0.15, 0.2) is 0 Å². The molecule has 0 radical (unpaired) electrons. The number of anilines is 1. The van der Waals surface area contributed by atoms with Crippen molar-refractivity contribution in [3.8, 4) is 0 Å². The van der Waals surface area contributed by atoms with Gasteiger partial charge in [-0.15, -0.1) is 0 Å². The van der Waals surface area contributed by atoms with Crippen molar-refractivity contribution in [3.05, 3.63) is 107 Å². The third kappa shape index (κ3) is 10.4. The third-order valence-corrected chi connectivity index (χ3v) is 7.39. The minimum Gasteiger partial charge on any atom is -0.481 e. The molecule has 1 atom stereocenters. The summed E-state index contributed by atoms with van der Waals surface area (Å²) in [7, 11) is -4.10. The molecule has 0 aliphatic carbocycles. The maximum atomic E-state index is 13.3. The van der Waals surface area contributed by atoms with Crippen LogP contribution in [0.1, 0.15) is 23.6 Å². The summed E-state index contributed by atoms with van der Waals surface area (Å²) in [4.78, 5) is 35.6. The molecule has 0 bridgehead atoms. The molecule has 226 valence electrons. The molecule has 1 amide bonds. The molecule has 1 fully saturated rings. The van der Waals surface area contributed by atoms with Crippen molar-refractivity contribution in [1.29, 1.82) is 5.41 Å². The molecule has 12 nitrogen and oxygen atoms in total. The Morgan fingerprint density at radius 3 is 2.23 bits per heavy atom. The predicted octanol–water partition coefficient (Wildman–Crippen LogP) is 3.43. The average molecular weight is 609 g/mol. The second-order valence-electron chi connectivity index (χ2n) is 9.29. The first-order valence-electron chi connectivity index (χ1n) is 13.0. The molecule has 3 aromatic carbocycles. The van der Waals surface area contributed by atoms with Crippen LogP contribution in [-0.2, 0) is 35.7 Å². The van der Waals surface area contributed by atoms with E-state index < -0.39 is 40.7 Å². The molecule has 1 aliphatic rings. The van der Waals surface area contributed by atoms with Crippen LogP contribution in [-0.4, -0.2) is 67.4 Å². The summed E-state index contributed by atoms with van der Waals surface area (Å²) >= 11 is 0. The fraction of sp³-hybridized carbons (Fsp3) is 0.200. The Morgan fingerprint density at radius 1 is 1.07 bits per heavy atom. The second-order valence-corrected chi connectivity index (χ2v) is 11.1. The van der Waals surface area contributed by atoms with Crippen LogP contribution >= 0.6 is 0 Å². The van der Waals surface area contributed by atoms with Crippen LogP contribution in [0.3, 0.4) is 0 Å². The van der Waals surface area contributed by atoms with Gasteiger partial charge in [0.25, 0.3) is 5.97 Å². The van der Waals surface area contributed by atoms with Gasteiger partial charge in [-0.2, -0.15) is 4.31 Å². The number of hydrogen-bond acceptors (Lipinski definition) is 8. The molecule has 0 spiro atoms. The number of esters is 1. The van der Waals surface area contributed by atoms with Gasteiger partial charge in [0.1, 0.15) is 25.1 Å². The van der Waals surface area contributed by atoms with Gasteiger partial charge in [0.2, 0.25) is 10.0 Å². The number of amidine groups is 1. The number of carbonyl (C=O) groups is 3. The number of amides is 1. The lowest BCUT2D eigenvalue weighted by atomic mass is 10.2. The molecule has 1 saturated heterocycles. The monoisotopic (exact) mass is 608 g/mol. The van der Waals surface area contributed by atoms with Gasteiger partial charge >= 0.3 is 12.1 Å². The second kappa shape index (κ2) is 15.3. The van der Waals surface area contributed by atoms with E-state index in [9.17, 15) is 18.0 Å². The lowest BCUT2D eigenvalue weighted by molar-refractivity contribution is -0.145. The first-order valence-corrected chi connectivity index (χ1v) is 14.5. The molecule has 0 aromatic heterocycles. The van der Waals surface area contributed by atoms with E-state index in [0.29, 0.717) is 16.8 Å². The average Bonchev–Trinajstić information content (AvgIpc) is 3.35. The number of nitrogen functional groups attached to an aromatic ring is 1. The quantitative estimate of drug-likeness (QED) is 0.167. The van der Waals surface area contributed by atoms with E-state index in [4.69, 9.17) is 30.5 Å². The zero-order valence-corrected chi connectivity index (χ0v) is 24.1. The van der Waals surface area contributed by atoms with Crippen molar-refractivity contribution in [2.24, 2.45) is 5.73 Å².